The number of benzene rings is 2. The molecule has 0 radical (unpaired) electrons. The van der Waals surface area contributed by atoms with Crippen molar-refractivity contribution in [3.63, 3.8) is 0 Å². The Hall–Kier alpha value is -2.47. The summed E-state index contributed by atoms with van der Waals surface area (Å²) in [5.74, 6) is 1.63. The summed E-state index contributed by atoms with van der Waals surface area (Å²) in [4.78, 5) is 27.1. The second-order valence-electron chi connectivity index (χ2n) is 6.56. The number of carbonyl (C=O) groups is 2. The standard InChI is InChI=1S/C22H25NO4S/c1-4-26-22(25)19-16(14-28-5-2)11-18(20-17(19)12-23(3)21(20)24)27-13-15-9-7-6-8-10-15/h6-11H,4-5,12-14H2,1-3H3. The molecule has 5 nitrogen and oxygen atoms in total. The van der Waals surface area contributed by atoms with Gasteiger partial charge in [0, 0.05) is 24.9 Å². The van der Waals surface area contributed by atoms with Crippen LogP contribution in [0.3, 0.4) is 0 Å². The van der Waals surface area contributed by atoms with Gasteiger partial charge in [0.25, 0.3) is 5.91 Å². The lowest BCUT2D eigenvalue weighted by atomic mass is 9.97. The molecule has 0 N–H and O–H groups in total. The number of hydrogen-bond acceptors (Lipinski definition) is 5. The number of hydrogen-bond donors (Lipinski definition) is 0. The van der Waals surface area contributed by atoms with E-state index in [-0.39, 0.29) is 11.9 Å². The fourth-order valence-electron chi connectivity index (χ4n) is 3.30. The molecule has 6 heteroatoms. The minimum absolute atomic E-state index is 0.127. The van der Waals surface area contributed by atoms with E-state index in [0.717, 1.165) is 16.9 Å². The highest BCUT2D eigenvalue weighted by atomic mass is 32.2. The van der Waals surface area contributed by atoms with Gasteiger partial charge in [-0.15, -0.1) is 0 Å². The average Bonchev–Trinajstić information content (AvgIpc) is 2.99. The summed E-state index contributed by atoms with van der Waals surface area (Å²) >= 11 is 1.72. The lowest BCUT2D eigenvalue weighted by Crippen LogP contribution is -2.18. The summed E-state index contributed by atoms with van der Waals surface area (Å²) in [5, 5.41) is 0. The van der Waals surface area contributed by atoms with Crippen LogP contribution < -0.4 is 4.74 Å². The fraction of sp³-hybridized carbons (Fsp3) is 0.364. The second-order valence-corrected chi connectivity index (χ2v) is 7.83. The monoisotopic (exact) mass is 399 g/mol. The van der Waals surface area contributed by atoms with Crippen LogP contribution in [0, 0.1) is 0 Å². The summed E-state index contributed by atoms with van der Waals surface area (Å²) in [6, 6.07) is 11.7. The van der Waals surface area contributed by atoms with Gasteiger partial charge in [-0.2, -0.15) is 11.8 Å². The fourth-order valence-corrected chi connectivity index (χ4v) is 3.95. The Labute approximate surface area is 170 Å². The van der Waals surface area contributed by atoms with Gasteiger partial charge in [-0.1, -0.05) is 37.3 Å². The van der Waals surface area contributed by atoms with Crippen LogP contribution in [0.25, 0.3) is 0 Å². The number of thioether (sulfide) groups is 1. The topological polar surface area (TPSA) is 55.8 Å². The van der Waals surface area contributed by atoms with E-state index in [1.54, 1.807) is 30.6 Å². The Morgan fingerprint density at radius 2 is 1.96 bits per heavy atom. The number of ether oxygens (including phenoxy) is 2. The summed E-state index contributed by atoms with van der Waals surface area (Å²) in [6.07, 6.45) is 0. The Morgan fingerprint density at radius 3 is 2.64 bits per heavy atom. The number of nitrogens with zero attached hydrogens (tertiary/aromatic N) is 1. The molecule has 2 aromatic rings. The van der Waals surface area contributed by atoms with E-state index in [0.29, 0.717) is 48.0 Å². The predicted octanol–water partition coefficient (Wildman–Crippen LogP) is 4.28. The van der Waals surface area contributed by atoms with Crippen molar-refractivity contribution >= 4 is 23.6 Å². The van der Waals surface area contributed by atoms with Crippen molar-refractivity contribution in [1.29, 1.82) is 0 Å². The van der Waals surface area contributed by atoms with Crippen LogP contribution in [0.5, 0.6) is 5.75 Å². The van der Waals surface area contributed by atoms with Gasteiger partial charge in [0.1, 0.15) is 12.4 Å². The van der Waals surface area contributed by atoms with E-state index in [2.05, 4.69) is 6.92 Å². The smallest absolute Gasteiger partial charge is 0.338 e. The van der Waals surface area contributed by atoms with Gasteiger partial charge in [0.05, 0.1) is 17.7 Å². The van der Waals surface area contributed by atoms with Crippen molar-refractivity contribution in [2.45, 2.75) is 32.8 Å². The van der Waals surface area contributed by atoms with Gasteiger partial charge < -0.3 is 14.4 Å². The maximum Gasteiger partial charge on any atom is 0.338 e. The van der Waals surface area contributed by atoms with E-state index >= 15 is 0 Å². The summed E-state index contributed by atoms with van der Waals surface area (Å²) in [5.41, 5.74) is 3.58. The largest absolute Gasteiger partial charge is 0.488 e. The normalized spacial score (nSPS) is 12.8. The SMILES string of the molecule is CCOC(=O)c1c(CSCC)cc(OCc2ccccc2)c2c1CN(C)C2=O. The van der Waals surface area contributed by atoms with E-state index in [1.807, 2.05) is 36.4 Å². The number of amides is 1. The van der Waals surface area contributed by atoms with Crippen LogP contribution in [0.1, 0.15) is 51.3 Å². The molecular weight excluding hydrogens is 374 g/mol. The molecule has 1 aliphatic rings. The Bertz CT molecular complexity index is 867. The van der Waals surface area contributed by atoms with Gasteiger partial charge in [-0.3, -0.25) is 4.79 Å². The van der Waals surface area contributed by atoms with Crippen LogP contribution in [-0.4, -0.2) is 36.2 Å². The van der Waals surface area contributed by atoms with Crippen LogP contribution in [0.15, 0.2) is 36.4 Å². The van der Waals surface area contributed by atoms with Gasteiger partial charge in [0.15, 0.2) is 0 Å². The van der Waals surface area contributed by atoms with Crippen LogP contribution in [-0.2, 0) is 23.6 Å². The molecule has 0 bridgehead atoms. The van der Waals surface area contributed by atoms with E-state index in [4.69, 9.17) is 9.47 Å². The van der Waals surface area contributed by atoms with Crippen molar-refractivity contribution in [3.05, 3.63) is 64.2 Å². The van der Waals surface area contributed by atoms with Crippen LogP contribution >= 0.6 is 11.8 Å². The third-order valence-electron chi connectivity index (χ3n) is 4.61. The molecule has 1 amide bonds. The minimum atomic E-state index is -0.372. The van der Waals surface area contributed by atoms with Gasteiger partial charge in [-0.25, -0.2) is 4.79 Å². The summed E-state index contributed by atoms with van der Waals surface area (Å²) in [7, 11) is 1.73. The maximum atomic E-state index is 12.8. The molecule has 0 spiro atoms. The number of rotatable bonds is 8. The molecule has 0 aromatic heterocycles. The third kappa shape index (κ3) is 4.17. The average molecular weight is 400 g/mol. The molecule has 0 unspecified atom stereocenters. The first-order valence-corrected chi connectivity index (χ1v) is 10.6. The zero-order valence-electron chi connectivity index (χ0n) is 16.5. The van der Waals surface area contributed by atoms with Crippen molar-refractivity contribution < 1.29 is 19.1 Å². The zero-order valence-corrected chi connectivity index (χ0v) is 17.3. The van der Waals surface area contributed by atoms with Gasteiger partial charge in [-0.05, 0) is 29.9 Å². The van der Waals surface area contributed by atoms with E-state index < -0.39 is 0 Å². The molecule has 0 saturated heterocycles. The predicted molar refractivity (Wildman–Crippen MR) is 111 cm³/mol. The highest BCUT2D eigenvalue weighted by molar-refractivity contribution is 7.98. The Balaban J connectivity index is 2.05. The molecule has 1 heterocycles. The van der Waals surface area contributed by atoms with Gasteiger partial charge in [0.2, 0.25) is 0 Å². The lowest BCUT2D eigenvalue weighted by molar-refractivity contribution is 0.0523. The third-order valence-corrected chi connectivity index (χ3v) is 5.53. The molecule has 3 rings (SSSR count). The van der Waals surface area contributed by atoms with Crippen molar-refractivity contribution in [1.82, 2.24) is 4.90 Å². The zero-order chi connectivity index (χ0) is 20.1. The van der Waals surface area contributed by atoms with Gasteiger partial charge >= 0.3 is 5.97 Å². The van der Waals surface area contributed by atoms with Crippen molar-refractivity contribution in [3.8, 4) is 5.75 Å². The first kappa shape index (κ1) is 20.3. The highest BCUT2D eigenvalue weighted by Gasteiger charge is 2.35. The molecular formula is C22H25NO4S. The molecule has 0 fully saturated rings. The molecule has 0 saturated carbocycles. The number of carbonyl (C=O) groups excluding carboxylic acids is 2. The van der Waals surface area contributed by atoms with E-state index in [9.17, 15) is 9.59 Å². The Kier molecular flexibility index (Phi) is 6.62. The molecule has 148 valence electrons. The summed E-state index contributed by atoms with van der Waals surface area (Å²) < 4.78 is 11.4. The second kappa shape index (κ2) is 9.15. The molecule has 0 aliphatic carbocycles. The van der Waals surface area contributed by atoms with Crippen molar-refractivity contribution in [2.75, 3.05) is 19.4 Å². The molecule has 1 aliphatic heterocycles. The van der Waals surface area contributed by atoms with Crippen molar-refractivity contribution in [2.24, 2.45) is 0 Å². The minimum Gasteiger partial charge on any atom is -0.488 e. The van der Waals surface area contributed by atoms with Crippen LogP contribution in [0.4, 0.5) is 0 Å². The first-order valence-electron chi connectivity index (χ1n) is 9.42. The Morgan fingerprint density at radius 1 is 1.21 bits per heavy atom. The molecule has 2 aromatic carbocycles. The van der Waals surface area contributed by atoms with E-state index in [1.165, 1.54) is 0 Å². The van der Waals surface area contributed by atoms with Crippen LogP contribution in [0.2, 0.25) is 0 Å². The maximum absolute atomic E-state index is 12.8. The lowest BCUT2D eigenvalue weighted by Gasteiger charge is -2.16. The highest BCUT2D eigenvalue weighted by Crippen LogP contribution is 2.37. The summed E-state index contributed by atoms with van der Waals surface area (Å²) in [6.45, 7) is 4.90. The quantitative estimate of drug-likeness (QED) is 0.620. The first-order chi connectivity index (χ1) is 13.6. The molecule has 28 heavy (non-hydrogen) atoms. The molecule has 0 atom stereocenters. The number of fused-ring (bicyclic) bond motifs is 1. The number of esters is 1.